The summed E-state index contributed by atoms with van der Waals surface area (Å²) in [5, 5.41) is 0. The zero-order chi connectivity index (χ0) is 12.6. The molecule has 0 amide bonds. The lowest BCUT2D eigenvalue weighted by molar-refractivity contribution is 0.555. The predicted octanol–water partition coefficient (Wildman–Crippen LogP) is 0.808. The number of aromatic nitrogens is 1. The van der Waals surface area contributed by atoms with Crippen LogP contribution in [-0.4, -0.2) is 19.4 Å². The SMILES string of the molecule is CC(C)NS(=O)(=O)c1ccc2oc(=O)[nH]c2c1. The number of oxazole rings is 1. The second-order valence-corrected chi connectivity index (χ2v) is 5.66. The molecular formula is C10H12N2O4S. The third kappa shape index (κ3) is 2.40. The molecule has 2 aromatic rings. The van der Waals surface area contributed by atoms with Crippen molar-refractivity contribution in [2.75, 3.05) is 0 Å². The Bertz CT molecular complexity index is 696. The minimum Gasteiger partial charge on any atom is -0.408 e. The number of H-pyrrole nitrogens is 1. The number of aromatic amines is 1. The molecule has 0 aliphatic rings. The van der Waals surface area contributed by atoms with Gasteiger partial charge in [-0.1, -0.05) is 0 Å². The molecule has 0 aliphatic carbocycles. The van der Waals surface area contributed by atoms with Gasteiger partial charge in [0.15, 0.2) is 5.58 Å². The van der Waals surface area contributed by atoms with Gasteiger partial charge in [-0.05, 0) is 32.0 Å². The lowest BCUT2D eigenvalue weighted by atomic mass is 10.3. The van der Waals surface area contributed by atoms with Crippen LogP contribution in [-0.2, 0) is 10.0 Å². The fourth-order valence-corrected chi connectivity index (χ4v) is 2.75. The fourth-order valence-electron chi connectivity index (χ4n) is 1.48. The van der Waals surface area contributed by atoms with Crippen molar-refractivity contribution in [2.24, 2.45) is 0 Å². The van der Waals surface area contributed by atoms with Gasteiger partial charge < -0.3 is 4.42 Å². The molecule has 2 N–H and O–H groups in total. The van der Waals surface area contributed by atoms with Crippen LogP contribution in [0.25, 0.3) is 11.1 Å². The summed E-state index contributed by atoms with van der Waals surface area (Å²) in [6.07, 6.45) is 0. The molecule has 0 radical (unpaired) electrons. The first-order chi connectivity index (χ1) is 7.88. The van der Waals surface area contributed by atoms with E-state index < -0.39 is 15.8 Å². The quantitative estimate of drug-likeness (QED) is 0.849. The van der Waals surface area contributed by atoms with Crippen LogP contribution >= 0.6 is 0 Å². The van der Waals surface area contributed by atoms with Gasteiger partial charge in [0, 0.05) is 6.04 Å². The van der Waals surface area contributed by atoms with Crippen LogP contribution in [0.5, 0.6) is 0 Å². The highest BCUT2D eigenvalue weighted by Gasteiger charge is 2.16. The largest absolute Gasteiger partial charge is 0.417 e. The third-order valence-corrected chi connectivity index (χ3v) is 3.75. The number of hydrogen-bond acceptors (Lipinski definition) is 4. The summed E-state index contributed by atoms with van der Waals surface area (Å²) < 4.78 is 31.0. The summed E-state index contributed by atoms with van der Waals surface area (Å²) >= 11 is 0. The first kappa shape index (κ1) is 11.9. The highest BCUT2D eigenvalue weighted by atomic mass is 32.2. The number of nitrogens with one attached hydrogen (secondary N) is 2. The molecule has 0 bridgehead atoms. The van der Waals surface area contributed by atoms with Gasteiger partial charge in [0.1, 0.15) is 0 Å². The standard InChI is InChI=1S/C10H12N2O4S/c1-6(2)12-17(14,15)7-3-4-9-8(5-7)11-10(13)16-9/h3-6,12H,1-2H3,(H,11,13). The molecule has 0 saturated heterocycles. The molecule has 0 saturated carbocycles. The molecule has 6 nitrogen and oxygen atoms in total. The van der Waals surface area contributed by atoms with Crippen molar-refractivity contribution >= 4 is 21.1 Å². The van der Waals surface area contributed by atoms with Crippen molar-refractivity contribution in [3.05, 3.63) is 28.7 Å². The van der Waals surface area contributed by atoms with Crippen LogP contribution in [0.4, 0.5) is 0 Å². The summed E-state index contributed by atoms with van der Waals surface area (Å²) in [4.78, 5) is 13.4. The Morgan fingerprint density at radius 2 is 2.06 bits per heavy atom. The van der Waals surface area contributed by atoms with E-state index in [0.717, 1.165) is 0 Å². The maximum absolute atomic E-state index is 11.9. The number of hydrogen-bond donors (Lipinski definition) is 2. The highest BCUT2D eigenvalue weighted by Crippen LogP contribution is 2.16. The van der Waals surface area contributed by atoms with Crippen molar-refractivity contribution < 1.29 is 12.8 Å². The molecule has 0 atom stereocenters. The molecule has 92 valence electrons. The highest BCUT2D eigenvalue weighted by molar-refractivity contribution is 7.89. The Balaban J connectivity index is 2.52. The van der Waals surface area contributed by atoms with Crippen molar-refractivity contribution in [3.63, 3.8) is 0 Å². The summed E-state index contributed by atoms with van der Waals surface area (Å²) in [6, 6.07) is 4.01. The molecule has 1 aromatic heterocycles. The Kier molecular flexibility index (Phi) is 2.80. The van der Waals surface area contributed by atoms with Gasteiger partial charge in [0.2, 0.25) is 10.0 Å². The van der Waals surface area contributed by atoms with Crippen molar-refractivity contribution in [1.82, 2.24) is 9.71 Å². The second kappa shape index (κ2) is 4.01. The van der Waals surface area contributed by atoms with E-state index >= 15 is 0 Å². The van der Waals surface area contributed by atoms with Gasteiger partial charge in [-0.15, -0.1) is 0 Å². The molecule has 0 spiro atoms. The fraction of sp³-hybridized carbons (Fsp3) is 0.300. The molecule has 17 heavy (non-hydrogen) atoms. The van der Waals surface area contributed by atoms with Gasteiger partial charge in [-0.2, -0.15) is 0 Å². The van der Waals surface area contributed by atoms with Gasteiger partial charge in [0.25, 0.3) is 0 Å². The molecule has 0 unspecified atom stereocenters. The number of rotatable bonds is 3. The Morgan fingerprint density at radius 1 is 1.35 bits per heavy atom. The predicted molar refractivity (Wildman–Crippen MR) is 62.3 cm³/mol. The van der Waals surface area contributed by atoms with Gasteiger partial charge in [0.05, 0.1) is 10.4 Å². The molecule has 7 heteroatoms. The lowest BCUT2D eigenvalue weighted by Gasteiger charge is -2.08. The van der Waals surface area contributed by atoms with Crippen LogP contribution in [0.2, 0.25) is 0 Å². The van der Waals surface area contributed by atoms with E-state index in [0.29, 0.717) is 11.1 Å². The van der Waals surface area contributed by atoms with Crippen LogP contribution in [0.1, 0.15) is 13.8 Å². The van der Waals surface area contributed by atoms with E-state index in [4.69, 9.17) is 4.42 Å². The smallest absolute Gasteiger partial charge is 0.408 e. The molecular weight excluding hydrogens is 244 g/mol. The van der Waals surface area contributed by atoms with Crippen molar-refractivity contribution in [2.45, 2.75) is 24.8 Å². The average molecular weight is 256 g/mol. The number of fused-ring (bicyclic) bond motifs is 1. The molecule has 0 fully saturated rings. The Labute approximate surface area is 97.7 Å². The Morgan fingerprint density at radius 3 is 2.71 bits per heavy atom. The third-order valence-electron chi connectivity index (χ3n) is 2.09. The summed E-state index contributed by atoms with van der Waals surface area (Å²) in [5.74, 6) is -0.605. The minimum atomic E-state index is -3.56. The van der Waals surface area contributed by atoms with E-state index in [1.54, 1.807) is 13.8 Å². The second-order valence-electron chi connectivity index (χ2n) is 3.95. The lowest BCUT2D eigenvalue weighted by Crippen LogP contribution is -2.30. The molecule has 1 heterocycles. The Hall–Kier alpha value is -1.60. The van der Waals surface area contributed by atoms with Gasteiger partial charge in [-0.25, -0.2) is 17.9 Å². The van der Waals surface area contributed by atoms with Crippen LogP contribution < -0.4 is 10.5 Å². The van der Waals surface area contributed by atoms with E-state index in [1.165, 1.54) is 18.2 Å². The zero-order valence-corrected chi connectivity index (χ0v) is 10.2. The topological polar surface area (TPSA) is 92.2 Å². The minimum absolute atomic E-state index is 0.0933. The molecule has 2 rings (SSSR count). The van der Waals surface area contributed by atoms with Crippen LogP contribution in [0, 0.1) is 0 Å². The molecule has 0 aliphatic heterocycles. The first-order valence-electron chi connectivity index (χ1n) is 5.04. The van der Waals surface area contributed by atoms with Crippen LogP contribution in [0.15, 0.2) is 32.3 Å². The van der Waals surface area contributed by atoms with Crippen molar-refractivity contribution in [1.29, 1.82) is 0 Å². The summed E-state index contributed by atoms with van der Waals surface area (Å²) in [6.45, 7) is 3.46. The van der Waals surface area contributed by atoms with E-state index in [2.05, 4.69) is 9.71 Å². The number of benzene rings is 1. The average Bonchev–Trinajstić information content (AvgIpc) is 2.54. The van der Waals surface area contributed by atoms with E-state index in [1.807, 2.05) is 0 Å². The first-order valence-corrected chi connectivity index (χ1v) is 6.52. The van der Waals surface area contributed by atoms with Crippen LogP contribution in [0.3, 0.4) is 0 Å². The van der Waals surface area contributed by atoms with Gasteiger partial charge in [-0.3, -0.25) is 4.98 Å². The zero-order valence-electron chi connectivity index (χ0n) is 9.35. The number of sulfonamides is 1. The maximum atomic E-state index is 11.9. The normalized spacial score (nSPS) is 12.4. The summed E-state index contributed by atoms with van der Waals surface area (Å²) in [7, 11) is -3.56. The van der Waals surface area contributed by atoms with Crippen molar-refractivity contribution in [3.8, 4) is 0 Å². The maximum Gasteiger partial charge on any atom is 0.417 e. The van der Waals surface area contributed by atoms with Gasteiger partial charge >= 0.3 is 5.76 Å². The van der Waals surface area contributed by atoms with E-state index in [-0.39, 0.29) is 10.9 Å². The monoisotopic (exact) mass is 256 g/mol. The van der Waals surface area contributed by atoms with E-state index in [9.17, 15) is 13.2 Å². The summed E-state index contributed by atoms with van der Waals surface area (Å²) in [5.41, 5.74) is 0.695. The molecule has 1 aromatic carbocycles.